The molecule has 0 aliphatic carbocycles. The number of aliphatic carboxylic acids is 4. The zero-order valence-corrected chi connectivity index (χ0v) is 98.1. The number of unbranched alkanes of at least 4 members (excludes halogenated alkanes) is 44. The Morgan fingerprint density at radius 3 is 0.921 bits per heavy atom. The van der Waals surface area contributed by atoms with Crippen LogP contribution in [-0.4, -0.2) is 253 Å². The Balaban J connectivity index is -0.000000179. The van der Waals surface area contributed by atoms with Crippen molar-refractivity contribution in [2.24, 2.45) is 0 Å². The van der Waals surface area contributed by atoms with E-state index in [0.29, 0.717) is 130 Å². The predicted octanol–water partition coefficient (Wildman–Crippen LogP) is -0.626. The summed E-state index contributed by atoms with van der Waals surface area (Å²) in [5.74, 6) is -8.76. The van der Waals surface area contributed by atoms with Crippen LogP contribution in [0.2, 0.25) is 0 Å². The first-order valence-corrected chi connectivity index (χ1v) is 54.3. The van der Waals surface area contributed by atoms with Crippen LogP contribution < -0.4 is 173 Å². The molecule has 3 atom stereocenters. The average Bonchev–Trinajstić information content (AvgIpc) is 0.827. The molecule has 0 radical (unpaired) electrons. The SMILES string of the molecule is C.C.C.CCCCCCCCCCCCCCCCCCN(C(=O)CC(C(=O)[O-])S(=O)(=O)O)[C@@H](CC(=O)[O-])C(=O)O.CCCCCCCCCCCCCCCCCCNC(=O)CC(C(=O)[O-])S(=O)(=O)[O-].CCCCCCCCCCCCOS(=O)(=O)[O-].CCCCCCCCc1cccc(OCCOCCOCCOCCOCCOCCOCCOCCOCCOS(=O)(=O)[O-])c1.[Na+].[Na+].[Na+].[Na+].[Na+]. The topological polar surface area (TPSA) is 535 Å². The summed E-state index contributed by atoms with van der Waals surface area (Å²) in [6.45, 7) is 16.0. The molecule has 2 amide bonds. The molecule has 1 rings (SSSR count). The third kappa shape index (κ3) is 121. The van der Waals surface area contributed by atoms with Crippen molar-refractivity contribution >= 4 is 76.7 Å². The van der Waals surface area contributed by atoms with Crippen LogP contribution in [0.3, 0.4) is 0 Å². The van der Waals surface area contributed by atoms with Crippen molar-refractivity contribution in [1.82, 2.24) is 10.2 Å². The van der Waals surface area contributed by atoms with Gasteiger partial charge in [-0.1, -0.05) is 345 Å². The molecule has 35 nitrogen and oxygen atoms in total. The maximum absolute atomic E-state index is 12.6. The van der Waals surface area contributed by atoms with E-state index >= 15 is 0 Å². The van der Waals surface area contributed by atoms with Crippen molar-refractivity contribution in [3.8, 4) is 5.75 Å². The minimum atomic E-state index is -5.20. The van der Waals surface area contributed by atoms with Crippen molar-refractivity contribution < 1.29 is 300 Å². The van der Waals surface area contributed by atoms with Gasteiger partial charge in [-0.15, -0.1) is 0 Å². The van der Waals surface area contributed by atoms with Gasteiger partial charge in [-0.3, -0.25) is 22.5 Å². The molecule has 0 spiro atoms. The van der Waals surface area contributed by atoms with Crippen LogP contribution in [0.5, 0.6) is 5.75 Å². The summed E-state index contributed by atoms with van der Waals surface area (Å²) in [4.78, 5) is 69.1. The maximum atomic E-state index is 12.6. The van der Waals surface area contributed by atoms with Gasteiger partial charge in [-0.2, -0.15) is 8.42 Å². The van der Waals surface area contributed by atoms with E-state index in [1.165, 1.54) is 230 Å². The number of nitrogens with one attached hydrogen (secondary N) is 1. The minimum Gasteiger partial charge on any atom is -0.747 e. The molecule has 0 aromatic heterocycles. The summed E-state index contributed by atoms with van der Waals surface area (Å²) in [6.07, 6.45) is 55.0. The van der Waals surface area contributed by atoms with E-state index in [0.717, 1.165) is 76.4 Å². The van der Waals surface area contributed by atoms with E-state index < -0.39 is 113 Å². The van der Waals surface area contributed by atoms with Crippen LogP contribution in [0, 0.1) is 0 Å². The molecule has 0 saturated heterocycles. The van der Waals surface area contributed by atoms with Gasteiger partial charge < -0.3 is 101 Å². The number of rotatable bonds is 94. The first-order chi connectivity index (χ1) is 62.8. The summed E-state index contributed by atoms with van der Waals surface area (Å²) in [7, 11) is -19.4. The zero-order valence-electron chi connectivity index (χ0n) is 84.8. The van der Waals surface area contributed by atoms with E-state index in [-0.39, 0.29) is 203 Å². The third-order valence-electron chi connectivity index (χ3n) is 20.9. The van der Waals surface area contributed by atoms with Gasteiger partial charge in [0.25, 0.3) is 10.1 Å². The molecule has 0 aliphatic heterocycles. The number of amides is 2. The Labute approximate surface area is 951 Å². The summed E-state index contributed by atoms with van der Waals surface area (Å²) >= 11 is 0. The van der Waals surface area contributed by atoms with Gasteiger partial charge in [0.2, 0.25) is 32.6 Å². The number of hydrogen-bond acceptors (Lipinski definition) is 31. The quantitative estimate of drug-likeness (QED) is 0.0316. The molecule has 3 N–H and O–H groups in total. The second-order valence-electron chi connectivity index (χ2n) is 32.6. The summed E-state index contributed by atoms with van der Waals surface area (Å²) in [5, 5.41) is 39.6. The fraction of sp³-hybridized carbons (Fsp3) is 0.874. The number of nitrogens with zero attached hydrogens (tertiary/aromatic N) is 1. The van der Waals surface area contributed by atoms with Gasteiger partial charge in [-0.25, -0.2) is 30.0 Å². The van der Waals surface area contributed by atoms with Gasteiger partial charge in [0.05, 0.1) is 143 Å². The number of carboxylic acids is 4. The fourth-order valence-electron chi connectivity index (χ4n) is 13.5. The van der Waals surface area contributed by atoms with Gasteiger partial charge in [-0.05, 0) is 49.8 Å². The van der Waals surface area contributed by atoms with Gasteiger partial charge in [0, 0.05) is 31.9 Å². The van der Waals surface area contributed by atoms with E-state index in [9.17, 15) is 96.5 Å². The zero-order chi connectivity index (χ0) is 97.9. The summed E-state index contributed by atoms with van der Waals surface area (Å²) in [6, 6.07) is 6.49. The monoisotopic (exact) mass is 2120 g/mol. The number of benzene rings is 1. The number of hydrogen-bond donors (Lipinski definition) is 3. The van der Waals surface area contributed by atoms with Gasteiger partial charge in [0.1, 0.15) is 33.8 Å². The van der Waals surface area contributed by atoms with E-state index in [4.69, 9.17) is 47.2 Å². The van der Waals surface area contributed by atoms with Gasteiger partial charge >= 0.3 is 154 Å². The summed E-state index contributed by atoms with van der Waals surface area (Å²) in [5.41, 5.74) is 1.33. The van der Waals surface area contributed by atoms with Crippen molar-refractivity contribution in [2.75, 3.05) is 139 Å². The van der Waals surface area contributed by atoms with E-state index in [2.05, 4.69) is 59.6 Å². The molecule has 44 heteroatoms. The Hall–Kier alpha value is 0.0800. The number of ether oxygens (including phenoxy) is 9. The van der Waals surface area contributed by atoms with Crippen LogP contribution in [0.1, 0.15) is 383 Å². The molecule has 1 aromatic carbocycles. The van der Waals surface area contributed by atoms with Crippen molar-refractivity contribution in [3.63, 3.8) is 0 Å². The predicted molar refractivity (Wildman–Crippen MR) is 512 cm³/mol. The van der Waals surface area contributed by atoms with Crippen molar-refractivity contribution in [1.29, 1.82) is 0 Å². The Morgan fingerprint density at radius 2 is 0.633 bits per heavy atom. The average molecular weight is 2120 g/mol. The Bertz CT molecular complexity index is 3360. The Kier molecular flexibility index (Phi) is 136. The fourth-order valence-corrected chi connectivity index (χ4v) is 15.3. The van der Waals surface area contributed by atoms with Crippen LogP contribution in [0.4, 0.5) is 0 Å². The molecular weight excluding hydrogens is 1940 g/mol. The molecule has 139 heavy (non-hydrogen) atoms. The molecule has 2 unspecified atom stereocenters. The van der Waals surface area contributed by atoms with E-state index in [1.807, 2.05) is 6.07 Å². The number of carboxylic acid groups (broad SMARTS) is 4. The van der Waals surface area contributed by atoms with E-state index in [1.54, 1.807) is 0 Å². The molecule has 0 fully saturated rings. The maximum Gasteiger partial charge on any atom is 1.00 e. The van der Waals surface area contributed by atoms with Crippen LogP contribution in [0.15, 0.2) is 24.3 Å². The van der Waals surface area contributed by atoms with Crippen LogP contribution >= 0.6 is 0 Å². The minimum absolute atomic E-state index is 0. The standard InChI is InChI=1S/C32H58O13S.C26H47NO10S.C22H43NO6S.C12H26O4S.3CH4.5Na/c1-2-3-4-5-6-7-9-31-10-8-11-32(30-31)44-28-26-42-24-22-40-20-18-38-16-14-36-12-13-37-15-17-39-19-21-41-23-25-43-27-29-45-46(33,34)35;1-2-3-4-5-6-7-8-9-10-11-12-13-14-15-16-17-18-27(21(25(31)32)19-24(29)30)23(28)20-22(26(33)34)38(35,36)37;1-2-3-4-5-6-7-8-9-10-11-12-13-14-15-16-17-18-23-21(24)19-20(22(25)26)30(27,28)29;1-2-3-4-5-6-7-8-9-10-11-12-16-17(13,14)15;;;;;;;;/h8,10-11,30H,2-7,9,12-29H2,1H3,(H,33,34,35);21-22H,2-20H2,1H3,(H,29,30)(H,31,32)(H,33,34)(H,35,36,37);20H,2-19H2,1H3,(H,23,24)(H,25,26)(H,27,28,29);2-12H2,1H3,(H,13,14,15);3*1H4;;;;;/q;;;;;;;5*+1/p-6/t;21-,22?;;;;;;;;;;/m.0........../s1. The molecule has 0 saturated carbocycles. The number of aryl methyl sites for hydroxylation is 1. The van der Waals surface area contributed by atoms with Crippen molar-refractivity contribution in [3.05, 3.63) is 29.8 Å². The number of carbonyl (C=O) groups is 6. The first-order valence-electron chi connectivity index (χ1n) is 48.6. The summed E-state index contributed by atoms with van der Waals surface area (Å²) < 4.78 is 182. The first kappa shape index (κ1) is 162. The molecule has 0 aliphatic rings. The molecule has 0 heterocycles. The third-order valence-corrected chi connectivity index (χ3v) is 24.0. The smallest absolute Gasteiger partial charge is 0.747 e. The number of carbonyl (C=O) groups excluding carboxylic acids is 5. The molecule has 1 aromatic rings. The van der Waals surface area contributed by atoms with Crippen molar-refractivity contribution in [2.45, 2.75) is 400 Å². The van der Waals surface area contributed by atoms with Crippen LogP contribution in [-0.2, 0) is 122 Å². The second-order valence-corrected chi connectivity index (χ2v) is 37.8. The van der Waals surface area contributed by atoms with Gasteiger partial charge in [0.15, 0.2) is 0 Å². The molecule has 0 bridgehead atoms. The molecule has 798 valence electrons. The largest absolute Gasteiger partial charge is 1.00 e. The molecular formula is C95H180N2Na5O33S4-. The normalized spacial score (nSPS) is 11.7. The Morgan fingerprint density at radius 1 is 0.353 bits per heavy atom. The second kappa shape index (κ2) is 117. The van der Waals surface area contributed by atoms with Crippen LogP contribution in [0.25, 0.3) is 0 Å².